The molecule has 8 nitrogen and oxygen atoms in total. The fourth-order valence-corrected chi connectivity index (χ4v) is 5.73. The van der Waals surface area contributed by atoms with Crippen LogP contribution in [-0.4, -0.2) is 58.6 Å². The van der Waals surface area contributed by atoms with Gasteiger partial charge in [-0.1, -0.05) is 30.3 Å². The highest BCUT2D eigenvalue weighted by Crippen LogP contribution is 2.51. The standard InChI is InChI=1S/C21H26N2O6S/c1-23-9-8-16-17(11-23)18(27-2)19-20(29-13-28-19)21(16)30(25,26)22-15(12-24)10-14-6-4-3-5-7-14/h3-7,15,22,24H,8-13H2,1-2H3/t15-/m0/s1. The predicted molar refractivity (Wildman–Crippen MR) is 110 cm³/mol. The molecule has 0 saturated carbocycles. The molecule has 1 atom stereocenters. The van der Waals surface area contributed by atoms with Gasteiger partial charge in [-0.15, -0.1) is 0 Å². The lowest BCUT2D eigenvalue weighted by Gasteiger charge is -2.29. The van der Waals surface area contributed by atoms with Gasteiger partial charge in [0.2, 0.25) is 22.6 Å². The number of rotatable bonds is 7. The van der Waals surface area contributed by atoms with E-state index in [0.29, 0.717) is 43.0 Å². The minimum Gasteiger partial charge on any atom is -0.492 e. The highest BCUT2D eigenvalue weighted by Gasteiger charge is 2.38. The first-order valence-electron chi connectivity index (χ1n) is 9.81. The summed E-state index contributed by atoms with van der Waals surface area (Å²) in [5.41, 5.74) is 2.40. The summed E-state index contributed by atoms with van der Waals surface area (Å²) >= 11 is 0. The number of fused-ring (bicyclic) bond motifs is 2. The van der Waals surface area contributed by atoms with Crippen molar-refractivity contribution in [1.29, 1.82) is 0 Å². The lowest BCUT2D eigenvalue weighted by atomic mass is 9.97. The molecule has 2 aromatic rings. The van der Waals surface area contributed by atoms with Crippen LogP contribution in [0.15, 0.2) is 35.2 Å². The van der Waals surface area contributed by atoms with Crippen molar-refractivity contribution in [2.45, 2.75) is 30.3 Å². The van der Waals surface area contributed by atoms with Crippen molar-refractivity contribution >= 4 is 10.0 Å². The molecule has 0 radical (unpaired) electrons. The third-order valence-electron chi connectivity index (χ3n) is 5.45. The molecule has 0 spiro atoms. The zero-order valence-corrected chi connectivity index (χ0v) is 17.9. The lowest BCUT2D eigenvalue weighted by molar-refractivity contribution is 0.169. The van der Waals surface area contributed by atoms with Gasteiger partial charge in [0, 0.05) is 24.7 Å². The molecule has 0 aromatic heterocycles. The van der Waals surface area contributed by atoms with Crippen LogP contribution < -0.4 is 18.9 Å². The second-order valence-electron chi connectivity index (χ2n) is 7.56. The van der Waals surface area contributed by atoms with Gasteiger partial charge in [0.25, 0.3) is 0 Å². The molecule has 0 saturated heterocycles. The number of aliphatic hydroxyl groups excluding tert-OH is 1. The van der Waals surface area contributed by atoms with E-state index in [1.54, 1.807) is 7.11 Å². The zero-order chi connectivity index (χ0) is 21.3. The van der Waals surface area contributed by atoms with E-state index in [2.05, 4.69) is 9.62 Å². The number of aliphatic hydroxyl groups is 1. The number of nitrogens with zero attached hydrogens (tertiary/aromatic N) is 1. The fourth-order valence-electron chi connectivity index (χ4n) is 4.07. The van der Waals surface area contributed by atoms with Gasteiger partial charge in [-0.25, -0.2) is 13.1 Å². The SMILES string of the molecule is COc1c2c(c(S(=O)(=O)N[C@H](CO)Cc3ccccc3)c3c1OCO3)CCN(C)C2. The average molecular weight is 435 g/mol. The Morgan fingerprint density at radius 2 is 1.93 bits per heavy atom. The molecule has 2 aromatic carbocycles. The topological polar surface area (TPSA) is 97.3 Å². The van der Waals surface area contributed by atoms with Crippen molar-refractivity contribution in [3.8, 4) is 17.2 Å². The maximum absolute atomic E-state index is 13.5. The summed E-state index contributed by atoms with van der Waals surface area (Å²) in [7, 11) is -0.475. The quantitative estimate of drug-likeness (QED) is 0.678. The van der Waals surface area contributed by atoms with Crippen LogP contribution >= 0.6 is 0 Å². The maximum Gasteiger partial charge on any atom is 0.245 e. The molecule has 162 valence electrons. The van der Waals surface area contributed by atoms with Crippen LogP contribution in [0.25, 0.3) is 0 Å². The van der Waals surface area contributed by atoms with E-state index in [1.165, 1.54) is 0 Å². The Labute approximate surface area is 176 Å². The van der Waals surface area contributed by atoms with Crippen LogP contribution in [0, 0.1) is 0 Å². The number of hydrogen-bond acceptors (Lipinski definition) is 7. The molecule has 2 heterocycles. The van der Waals surface area contributed by atoms with Crippen molar-refractivity contribution in [3.63, 3.8) is 0 Å². The highest BCUT2D eigenvalue weighted by atomic mass is 32.2. The third kappa shape index (κ3) is 3.85. The number of sulfonamides is 1. The highest BCUT2D eigenvalue weighted by molar-refractivity contribution is 7.89. The minimum atomic E-state index is -3.99. The largest absolute Gasteiger partial charge is 0.492 e. The Bertz CT molecular complexity index is 1030. The van der Waals surface area contributed by atoms with Crippen molar-refractivity contribution < 1.29 is 27.7 Å². The Balaban J connectivity index is 1.75. The van der Waals surface area contributed by atoms with E-state index in [0.717, 1.165) is 11.1 Å². The summed E-state index contributed by atoms with van der Waals surface area (Å²) in [6, 6.07) is 8.79. The van der Waals surface area contributed by atoms with E-state index < -0.39 is 16.1 Å². The monoisotopic (exact) mass is 434 g/mol. The van der Waals surface area contributed by atoms with E-state index in [4.69, 9.17) is 14.2 Å². The average Bonchev–Trinajstić information content (AvgIpc) is 3.20. The Morgan fingerprint density at radius 1 is 1.20 bits per heavy atom. The molecule has 2 N–H and O–H groups in total. The number of likely N-dealkylation sites (N-methyl/N-ethyl adjacent to an activating group) is 1. The van der Waals surface area contributed by atoms with Crippen LogP contribution in [0.3, 0.4) is 0 Å². The molecule has 0 bridgehead atoms. The van der Waals surface area contributed by atoms with Gasteiger partial charge in [0.1, 0.15) is 4.90 Å². The summed E-state index contributed by atoms with van der Waals surface area (Å²) in [6.07, 6.45) is 0.911. The minimum absolute atomic E-state index is 0.0691. The first-order valence-corrected chi connectivity index (χ1v) is 11.3. The van der Waals surface area contributed by atoms with Crippen LogP contribution in [0.2, 0.25) is 0 Å². The molecule has 30 heavy (non-hydrogen) atoms. The molecule has 9 heteroatoms. The number of nitrogens with one attached hydrogen (secondary N) is 1. The predicted octanol–water partition coefficient (Wildman–Crippen LogP) is 1.29. The molecule has 0 amide bonds. The van der Waals surface area contributed by atoms with E-state index in [-0.39, 0.29) is 24.0 Å². The molecular formula is C21H26N2O6S. The van der Waals surface area contributed by atoms with Crippen LogP contribution in [-0.2, 0) is 29.4 Å². The van der Waals surface area contributed by atoms with Crippen molar-refractivity contribution in [2.75, 3.05) is 34.1 Å². The van der Waals surface area contributed by atoms with Gasteiger partial charge < -0.3 is 24.2 Å². The normalized spacial score (nSPS) is 16.9. The summed E-state index contributed by atoms with van der Waals surface area (Å²) in [5.74, 6) is 1.01. The first kappa shape index (κ1) is 20.9. The van der Waals surface area contributed by atoms with E-state index in [9.17, 15) is 13.5 Å². The second-order valence-corrected chi connectivity index (χ2v) is 9.21. The number of ether oxygens (including phenoxy) is 3. The van der Waals surface area contributed by atoms with Gasteiger partial charge in [-0.3, -0.25) is 0 Å². The summed E-state index contributed by atoms with van der Waals surface area (Å²) in [5, 5.41) is 9.84. The number of benzene rings is 2. The second kappa shape index (κ2) is 8.43. The smallest absolute Gasteiger partial charge is 0.245 e. The number of hydrogen-bond donors (Lipinski definition) is 2. The molecule has 4 rings (SSSR count). The molecule has 2 aliphatic heterocycles. The fraction of sp³-hybridized carbons (Fsp3) is 0.429. The molecule has 2 aliphatic rings. The number of methoxy groups -OCH3 is 1. The third-order valence-corrected chi connectivity index (χ3v) is 7.06. The summed E-state index contributed by atoms with van der Waals surface area (Å²) in [4.78, 5) is 2.19. The van der Waals surface area contributed by atoms with Crippen LogP contribution in [0.5, 0.6) is 17.2 Å². The van der Waals surface area contributed by atoms with E-state index >= 15 is 0 Å². The van der Waals surface area contributed by atoms with Crippen LogP contribution in [0.4, 0.5) is 0 Å². The van der Waals surface area contributed by atoms with Gasteiger partial charge in [-0.2, -0.15) is 0 Å². The van der Waals surface area contributed by atoms with Crippen molar-refractivity contribution in [2.24, 2.45) is 0 Å². The van der Waals surface area contributed by atoms with Gasteiger partial charge in [0.15, 0.2) is 11.5 Å². The van der Waals surface area contributed by atoms with Gasteiger partial charge in [0.05, 0.1) is 13.7 Å². The molecule has 0 unspecified atom stereocenters. The van der Waals surface area contributed by atoms with Gasteiger partial charge >= 0.3 is 0 Å². The van der Waals surface area contributed by atoms with Crippen molar-refractivity contribution in [1.82, 2.24) is 9.62 Å². The maximum atomic E-state index is 13.5. The molecule has 0 fully saturated rings. The van der Waals surface area contributed by atoms with Crippen molar-refractivity contribution in [3.05, 3.63) is 47.0 Å². The Hall–Kier alpha value is -2.33. The summed E-state index contributed by atoms with van der Waals surface area (Å²) in [6.45, 7) is 0.867. The Morgan fingerprint density at radius 3 is 2.63 bits per heavy atom. The van der Waals surface area contributed by atoms with Crippen LogP contribution in [0.1, 0.15) is 16.7 Å². The molecular weight excluding hydrogens is 408 g/mol. The lowest BCUT2D eigenvalue weighted by Crippen LogP contribution is -2.40. The summed E-state index contributed by atoms with van der Waals surface area (Å²) < 4.78 is 46.4. The van der Waals surface area contributed by atoms with Gasteiger partial charge in [-0.05, 0) is 31.0 Å². The van der Waals surface area contributed by atoms with E-state index in [1.807, 2.05) is 37.4 Å². The first-order chi connectivity index (χ1) is 14.4. The zero-order valence-electron chi connectivity index (χ0n) is 17.1. The Kier molecular flexibility index (Phi) is 5.88. The molecule has 0 aliphatic carbocycles.